The quantitative estimate of drug-likeness (QED) is 0.488. The van der Waals surface area contributed by atoms with Crippen LogP contribution in [0.15, 0.2) is 24.3 Å². The second kappa shape index (κ2) is 9.98. The van der Waals surface area contributed by atoms with E-state index in [2.05, 4.69) is 4.89 Å². The average Bonchev–Trinajstić information content (AvgIpc) is 2.19. The average molecular weight is 290 g/mol. The van der Waals surface area contributed by atoms with Crippen molar-refractivity contribution in [3.63, 3.8) is 0 Å². The molecule has 0 spiro atoms. The summed E-state index contributed by atoms with van der Waals surface area (Å²) in [4.78, 5) is 13.4. The van der Waals surface area contributed by atoms with Crippen LogP contribution in [0.5, 0.6) is 5.75 Å². The van der Waals surface area contributed by atoms with Crippen molar-refractivity contribution in [3.8, 4) is 5.75 Å². The number of non-ortho nitro benzene ring substituents is 1. The summed E-state index contributed by atoms with van der Waals surface area (Å²) in [7, 11) is 0. The standard InChI is InChI=1S/C6H5NO4.C2H6O.Y/c8-7(9)5-1-3-6(11-10)4-2-5;1-2-3;/h1-4,10H;3H,2H2,1H3;. The third-order valence-corrected chi connectivity index (χ3v) is 1.15. The molecule has 0 atom stereocenters. The van der Waals surface area contributed by atoms with Crippen LogP contribution in [-0.4, -0.2) is 21.9 Å². The SMILES string of the molecule is CCO.O=[N+]([O-])c1ccc(OO)cc1.[Y]. The molecule has 7 heteroatoms. The van der Waals surface area contributed by atoms with Gasteiger partial charge in [-0.3, -0.25) is 10.1 Å². The molecule has 0 heterocycles. The zero-order chi connectivity index (χ0) is 11.0. The van der Waals surface area contributed by atoms with Gasteiger partial charge in [-0.2, -0.15) is 0 Å². The number of hydrogen-bond donors (Lipinski definition) is 2. The minimum atomic E-state index is -0.527. The Morgan fingerprint density at radius 2 is 1.80 bits per heavy atom. The fraction of sp³-hybridized carbons (Fsp3) is 0.250. The van der Waals surface area contributed by atoms with E-state index in [1.165, 1.54) is 24.3 Å². The molecule has 0 unspecified atom stereocenters. The van der Waals surface area contributed by atoms with Crippen molar-refractivity contribution >= 4 is 5.69 Å². The molecular formula is C8H11NO5Y. The Bertz CT molecular complexity index is 277. The third kappa shape index (κ3) is 7.38. The minimum absolute atomic E-state index is 0. The summed E-state index contributed by atoms with van der Waals surface area (Å²) >= 11 is 0. The summed E-state index contributed by atoms with van der Waals surface area (Å²) in [5.41, 5.74) is -0.0363. The first kappa shape index (κ1) is 16.9. The van der Waals surface area contributed by atoms with E-state index in [1.54, 1.807) is 6.92 Å². The van der Waals surface area contributed by atoms with E-state index < -0.39 is 4.92 Å². The summed E-state index contributed by atoms with van der Waals surface area (Å²) in [6.45, 7) is 1.93. The zero-order valence-electron chi connectivity index (χ0n) is 8.16. The van der Waals surface area contributed by atoms with Crippen molar-refractivity contribution in [1.29, 1.82) is 0 Å². The van der Waals surface area contributed by atoms with Gasteiger partial charge in [0, 0.05) is 51.4 Å². The molecule has 1 aromatic carbocycles. The van der Waals surface area contributed by atoms with E-state index in [0.717, 1.165) is 0 Å². The number of aliphatic hydroxyl groups excluding tert-OH is 1. The van der Waals surface area contributed by atoms with Gasteiger partial charge in [0.25, 0.3) is 5.69 Å². The maximum absolute atomic E-state index is 10.1. The molecule has 0 aliphatic rings. The summed E-state index contributed by atoms with van der Waals surface area (Å²) in [6, 6.07) is 5.09. The van der Waals surface area contributed by atoms with Gasteiger partial charge in [0.05, 0.1) is 4.92 Å². The number of benzene rings is 1. The van der Waals surface area contributed by atoms with Gasteiger partial charge in [0.2, 0.25) is 0 Å². The van der Waals surface area contributed by atoms with E-state index in [0.29, 0.717) is 0 Å². The molecule has 81 valence electrons. The molecule has 2 N–H and O–H groups in total. The fourth-order valence-corrected chi connectivity index (χ4v) is 0.629. The molecule has 0 bridgehead atoms. The van der Waals surface area contributed by atoms with Gasteiger partial charge in [-0.05, 0) is 19.1 Å². The van der Waals surface area contributed by atoms with Gasteiger partial charge in [-0.1, -0.05) is 0 Å². The van der Waals surface area contributed by atoms with E-state index in [-0.39, 0.29) is 50.8 Å². The predicted molar refractivity (Wildman–Crippen MR) is 49.1 cm³/mol. The fourth-order valence-electron chi connectivity index (χ4n) is 0.629. The molecule has 0 saturated carbocycles. The van der Waals surface area contributed by atoms with Gasteiger partial charge in [0.1, 0.15) is 0 Å². The summed E-state index contributed by atoms with van der Waals surface area (Å²) in [5.74, 6) is 0.176. The molecule has 0 aliphatic heterocycles. The van der Waals surface area contributed by atoms with Crippen LogP contribution in [0.2, 0.25) is 0 Å². The van der Waals surface area contributed by atoms with Crippen molar-refractivity contribution in [2.75, 3.05) is 6.61 Å². The van der Waals surface area contributed by atoms with Crippen molar-refractivity contribution in [2.24, 2.45) is 0 Å². The molecule has 1 rings (SSSR count). The van der Waals surface area contributed by atoms with Crippen LogP contribution in [0.4, 0.5) is 5.69 Å². The first-order valence-corrected chi connectivity index (χ1v) is 3.82. The predicted octanol–water partition coefficient (Wildman–Crippen LogP) is 1.44. The first-order chi connectivity index (χ1) is 6.65. The van der Waals surface area contributed by atoms with Crippen molar-refractivity contribution in [2.45, 2.75) is 6.92 Å². The summed E-state index contributed by atoms with van der Waals surface area (Å²) in [6.07, 6.45) is 0. The van der Waals surface area contributed by atoms with Gasteiger partial charge >= 0.3 is 0 Å². The molecule has 15 heavy (non-hydrogen) atoms. The molecule has 0 aliphatic carbocycles. The van der Waals surface area contributed by atoms with E-state index in [4.69, 9.17) is 10.4 Å². The molecule has 1 radical (unpaired) electrons. The Hall–Kier alpha value is -0.556. The van der Waals surface area contributed by atoms with Crippen LogP contribution >= 0.6 is 0 Å². The van der Waals surface area contributed by atoms with Gasteiger partial charge in [-0.25, -0.2) is 5.26 Å². The Morgan fingerprint density at radius 3 is 2.07 bits per heavy atom. The van der Waals surface area contributed by atoms with Crippen molar-refractivity contribution < 1.29 is 52.9 Å². The zero-order valence-corrected chi connectivity index (χ0v) is 11.0. The Morgan fingerprint density at radius 1 is 1.40 bits per heavy atom. The molecule has 0 amide bonds. The monoisotopic (exact) mass is 290 g/mol. The first-order valence-electron chi connectivity index (χ1n) is 3.82. The van der Waals surface area contributed by atoms with Gasteiger partial charge < -0.3 is 9.99 Å². The number of nitro groups is 1. The minimum Gasteiger partial charge on any atom is -0.397 e. The normalized spacial score (nSPS) is 7.93. The third-order valence-electron chi connectivity index (χ3n) is 1.15. The Labute approximate surface area is 112 Å². The van der Waals surface area contributed by atoms with E-state index in [1.807, 2.05) is 0 Å². The number of rotatable bonds is 2. The van der Waals surface area contributed by atoms with Crippen LogP contribution in [-0.2, 0) is 32.7 Å². The summed E-state index contributed by atoms with van der Waals surface area (Å²) in [5, 5.41) is 25.8. The van der Waals surface area contributed by atoms with Crippen LogP contribution in [0.1, 0.15) is 6.92 Å². The number of nitrogens with zero attached hydrogens (tertiary/aromatic N) is 1. The number of aliphatic hydroxyl groups is 1. The largest absolute Gasteiger partial charge is 0.397 e. The molecular weight excluding hydrogens is 279 g/mol. The second-order valence-electron chi connectivity index (χ2n) is 2.16. The summed E-state index contributed by atoms with van der Waals surface area (Å²) < 4.78 is 0. The van der Waals surface area contributed by atoms with Crippen molar-refractivity contribution in [1.82, 2.24) is 0 Å². The van der Waals surface area contributed by atoms with Crippen molar-refractivity contribution in [3.05, 3.63) is 34.4 Å². The molecule has 0 fully saturated rings. The van der Waals surface area contributed by atoms with Gasteiger partial charge in [-0.15, -0.1) is 0 Å². The van der Waals surface area contributed by atoms with E-state index >= 15 is 0 Å². The number of nitro benzene ring substituents is 1. The van der Waals surface area contributed by atoms with Gasteiger partial charge in [0.15, 0.2) is 5.75 Å². The van der Waals surface area contributed by atoms with Crippen LogP contribution < -0.4 is 4.89 Å². The smallest absolute Gasteiger partial charge is 0.269 e. The topological polar surface area (TPSA) is 92.8 Å². The van der Waals surface area contributed by atoms with Crippen LogP contribution in [0.3, 0.4) is 0 Å². The van der Waals surface area contributed by atoms with Crippen LogP contribution in [0.25, 0.3) is 0 Å². The van der Waals surface area contributed by atoms with Crippen LogP contribution in [0, 0.1) is 10.1 Å². The Kier molecular flexibility index (Phi) is 11.2. The number of hydrogen-bond acceptors (Lipinski definition) is 5. The second-order valence-corrected chi connectivity index (χ2v) is 2.16. The Balaban J connectivity index is 0. The molecule has 6 nitrogen and oxygen atoms in total. The maximum Gasteiger partial charge on any atom is 0.269 e. The molecule has 0 aromatic heterocycles. The maximum atomic E-state index is 10.1. The molecule has 1 aromatic rings. The molecule has 0 saturated heterocycles. The van der Waals surface area contributed by atoms with E-state index in [9.17, 15) is 10.1 Å².